The summed E-state index contributed by atoms with van der Waals surface area (Å²) in [5, 5.41) is 3.36. The van der Waals surface area contributed by atoms with Crippen molar-refractivity contribution in [2.24, 2.45) is 5.41 Å². The van der Waals surface area contributed by atoms with Crippen LogP contribution in [0.3, 0.4) is 0 Å². The molecule has 0 spiro atoms. The molecule has 3 nitrogen and oxygen atoms in total. The number of rotatable bonds is 8. The third-order valence-electron chi connectivity index (χ3n) is 3.05. The van der Waals surface area contributed by atoms with Gasteiger partial charge in [-0.25, -0.2) is 0 Å². The fourth-order valence-electron chi connectivity index (χ4n) is 2.00. The molecular weight excluding hydrogens is 190 g/mol. The highest BCUT2D eigenvalue weighted by Gasteiger charge is 2.40. The number of esters is 1. The van der Waals surface area contributed by atoms with Crippen molar-refractivity contribution in [3.63, 3.8) is 0 Å². The number of carbonyl (C=O) groups is 1. The van der Waals surface area contributed by atoms with Gasteiger partial charge in [-0.05, 0) is 31.6 Å². The van der Waals surface area contributed by atoms with Crippen LogP contribution in [0.25, 0.3) is 0 Å². The van der Waals surface area contributed by atoms with Crippen molar-refractivity contribution in [1.82, 2.24) is 5.32 Å². The normalized spacial score (nSPS) is 17.5. The van der Waals surface area contributed by atoms with Crippen molar-refractivity contribution in [2.45, 2.75) is 46.0 Å². The summed E-state index contributed by atoms with van der Waals surface area (Å²) in [6, 6.07) is 0. The summed E-state index contributed by atoms with van der Waals surface area (Å²) in [5.41, 5.74) is 0.573. The first-order chi connectivity index (χ1) is 7.22. The second-order valence-corrected chi connectivity index (χ2v) is 4.48. The Hall–Kier alpha value is -0.570. The second kappa shape index (κ2) is 6.11. The van der Waals surface area contributed by atoms with Crippen molar-refractivity contribution in [1.29, 1.82) is 0 Å². The molecule has 1 aliphatic carbocycles. The Kier molecular flexibility index (Phi) is 5.09. The molecule has 1 fully saturated rings. The van der Waals surface area contributed by atoms with E-state index in [0.717, 1.165) is 13.1 Å². The van der Waals surface area contributed by atoms with E-state index in [0.29, 0.717) is 18.4 Å². The second-order valence-electron chi connectivity index (χ2n) is 4.48. The molecule has 88 valence electrons. The summed E-state index contributed by atoms with van der Waals surface area (Å²) in [5.74, 6) is -0.0923. The first-order valence-corrected chi connectivity index (χ1v) is 6.09. The van der Waals surface area contributed by atoms with Crippen LogP contribution in [0, 0.1) is 5.41 Å². The van der Waals surface area contributed by atoms with Gasteiger partial charge in [-0.1, -0.05) is 13.3 Å². The zero-order valence-corrected chi connectivity index (χ0v) is 9.97. The minimum atomic E-state index is -0.0923. The standard InChI is InChI=1S/C12H23NO2/c1-3-6-12(7-8-12)10-13-9-5-11(14)15-4-2/h13H,3-10H2,1-2H3. The highest BCUT2D eigenvalue weighted by molar-refractivity contribution is 5.69. The van der Waals surface area contributed by atoms with Crippen LogP contribution in [-0.2, 0) is 9.53 Å². The Morgan fingerprint density at radius 3 is 2.67 bits per heavy atom. The summed E-state index contributed by atoms with van der Waals surface area (Å²) in [7, 11) is 0. The molecule has 0 radical (unpaired) electrons. The van der Waals surface area contributed by atoms with Crippen LogP contribution in [0.4, 0.5) is 0 Å². The summed E-state index contributed by atoms with van der Waals surface area (Å²) < 4.78 is 4.86. The third kappa shape index (κ3) is 4.65. The van der Waals surface area contributed by atoms with Gasteiger partial charge in [0.2, 0.25) is 0 Å². The van der Waals surface area contributed by atoms with Crippen LogP contribution in [0.15, 0.2) is 0 Å². The van der Waals surface area contributed by atoms with Crippen LogP contribution < -0.4 is 5.32 Å². The molecule has 1 aliphatic rings. The number of hydrogen-bond donors (Lipinski definition) is 1. The Labute approximate surface area is 92.6 Å². The van der Waals surface area contributed by atoms with Gasteiger partial charge in [0.05, 0.1) is 13.0 Å². The molecule has 0 unspecified atom stereocenters. The lowest BCUT2D eigenvalue weighted by Gasteiger charge is -2.14. The fourth-order valence-corrected chi connectivity index (χ4v) is 2.00. The number of carbonyl (C=O) groups excluding carboxylic acids is 1. The summed E-state index contributed by atoms with van der Waals surface area (Å²) in [6.45, 7) is 6.38. The summed E-state index contributed by atoms with van der Waals surface area (Å²) >= 11 is 0. The van der Waals surface area contributed by atoms with Crippen molar-refractivity contribution in [3.05, 3.63) is 0 Å². The highest BCUT2D eigenvalue weighted by Crippen LogP contribution is 2.48. The molecule has 0 aromatic heterocycles. The van der Waals surface area contributed by atoms with Crippen molar-refractivity contribution in [2.75, 3.05) is 19.7 Å². The lowest BCUT2D eigenvalue weighted by atomic mass is 10.0. The summed E-state index contributed by atoms with van der Waals surface area (Å²) in [4.78, 5) is 11.0. The Balaban J connectivity index is 1.99. The van der Waals surface area contributed by atoms with Gasteiger partial charge in [-0.3, -0.25) is 4.79 Å². The first-order valence-electron chi connectivity index (χ1n) is 6.09. The molecular formula is C12H23NO2. The molecule has 15 heavy (non-hydrogen) atoms. The number of ether oxygens (including phenoxy) is 1. The molecule has 3 heteroatoms. The van der Waals surface area contributed by atoms with E-state index in [2.05, 4.69) is 12.2 Å². The minimum absolute atomic E-state index is 0.0923. The van der Waals surface area contributed by atoms with E-state index in [9.17, 15) is 4.79 Å². The van der Waals surface area contributed by atoms with Gasteiger partial charge in [0.15, 0.2) is 0 Å². The zero-order valence-electron chi connectivity index (χ0n) is 9.97. The maximum atomic E-state index is 11.0. The van der Waals surface area contributed by atoms with Gasteiger partial charge in [-0.2, -0.15) is 0 Å². The van der Waals surface area contributed by atoms with Crippen LogP contribution in [0.5, 0.6) is 0 Å². The average molecular weight is 213 g/mol. The maximum Gasteiger partial charge on any atom is 0.307 e. The van der Waals surface area contributed by atoms with Gasteiger partial charge < -0.3 is 10.1 Å². The van der Waals surface area contributed by atoms with E-state index in [1.807, 2.05) is 6.92 Å². The van der Waals surface area contributed by atoms with Gasteiger partial charge >= 0.3 is 5.97 Å². The monoisotopic (exact) mass is 213 g/mol. The lowest BCUT2D eigenvalue weighted by Crippen LogP contribution is -2.26. The van der Waals surface area contributed by atoms with Gasteiger partial charge in [0.25, 0.3) is 0 Å². The van der Waals surface area contributed by atoms with Crippen LogP contribution in [-0.4, -0.2) is 25.7 Å². The van der Waals surface area contributed by atoms with E-state index in [-0.39, 0.29) is 5.97 Å². The largest absolute Gasteiger partial charge is 0.466 e. The first kappa shape index (κ1) is 12.5. The Bertz CT molecular complexity index is 200. The Morgan fingerprint density at radius 2 is 2.13 bits per heavy atom. The number of hydrogen-bond acceptors (Lipinski definition) is 3. The molecule has 0 amide bonds. The Morgan fingerprint density at radius 1 is 1.40 bits per heavy atom. The smallest absolute Gasteiger partial charge is 0.307 e. The van der Waals surface area contributed by atoms with Gasteiger partial charge in [-0.15, -0.1) is 0 Å². The molecule has 1 saturated carbocycles. The van der Waals surface area contributed by atoms with E-state index >= 15 is 0 Å². The zero-order chi connectivity index (χ0) is 11.1. The van der Waals surface area contributed by atoms with E-state index < -0.39 is 0 Å². The maximum absolute atomic E-state index is 11.0. The molecule has 0 aromatic carbocycles. The topological polar surface area (TPSA) is 38.3 Å². The van der Waals surface area contributed by atoms with Crippen molar-refractivity contribution >= 4 is 5.97 Å². The van der Waals surface area contributed by atoms with Crippen LogP contribution >= 0.6 is 0 Å². The van der Waals surface area contributed by atoms with E-state index in [1.165, 1.54) is 25.7 Å². The lowest BCUT2D eigenvalue weighted by molar-refractivity contribution is -0.142. The number of nitrogens with one attached hydrogen (secondary N) is 1. The van der Waals surface area contributed by atoms with Crippen LogP contribution in [0.1, 0.15) is 46.0 Å². The van der Waals surface area contributed by atoms with Crippen LogP contribution in [0.2, 0.25) is 0 Å². The SMILES string of the molecule is CCCC1(CNCCC(=O)OCC)CC1. The highest BCUT2D eigenvalue weighted by atomic mass is 16.5. The molecule has 0 bridgehead atoms. The average Bonchev–Trinajstić information content (AvgIpc) is 2.95. The van der Waals surface area contributed by atoms with Gasteiger partial charge in [0, 0.05) is 13.1 Å². The van der Waals surface area contributed by atoms with Crippen molar-refractivity contribution < 1.29 is 9.53 Å². The fraction of sp³-hybridized carbons (Fsp3) is 0.917. The predicted octanol–water partition coefficient (Wildman–Crippen LogP) is 2.11. The molecule has 1 rings (SSSR count). The molecule has 0 aromatic rings. The van der Waals surface area contributed by atoms with Crippen molar-refractivity contribution in [3.8, 4) is 0 Å². The van der Waals surface area contributed by atoms with E-state index in [4.69, 9.17) is 4.74 Å². The van der Waals surface area contributed by atoms with Gasteiger partial charge in [0.1, 0.15) is 0 Å². The molecule has 0 heterocycles. The molecule has 0 aliphatic heterocycles. The minimum Gasteiger partial charge on any atom is -0.466 e. The molecule has 0 atom stereocenters. The third-order valence-corrected chi connectivity index (χ3v) is 3.05. The summed E-state index contributed by atoms with van der Waals surface area (Å²) in [6.07, 6.45) is 5.79. The molecule has 1 N–H and O–H groups in total. The molecule has 0 saturated heterocycles. The predicted molar refractivity (Wildman–Crippen MR) is 60.7 cm³/mol. The quantitative estimate of drug-likeness (QED) is 0.496. The van der Waals surface area contributed by atoms with E-state index in [1.54, 1.807) is 0 Å².